The molecule has 1 aromatic heterocycles. The van der Waals surface area contributed by atoms with E-state index in [1.165, 1.54) is 11.8 Å². The van der Waals surface area contributed by atoms with E-state index in [1.54, 1.807) is 18.2 Å². The molecule has 1 atom stereocenters. The lowest BCUT2D eigenvalue weighted by Gasteiger charge is -2.15. The minimum Gasteiger partial charge on any atom is -0.246 e. The summed E-state index contributed by atoms with van der Waals surface area (Å²) >= 11 is 1.32. The van der Waals surface area contributed by atoms with E-state index in [-0.39, 0.29) is 10.6 Å². The number of sulfone groups is 1. The van der Waals surface area contributed by atoms with Crippen molar-refractivity contribution in [2.75, 3.05) is 0 Å². The molecule has 154 valence electrons. The van der Waals surface area contributed by atoms with Crippen LogP contribution in [0.5, 0.6) is 0 Å². The molecule has 0 bridgehead atoms. The first-order valence-corrected chi connectivity index (χ1v) is 11.8. The fourth-order valence-corrected chi connectivity index (χ4v) is 5.47. The number of nitriles is 1. The van der Waals surface area contributed by atoms with E-state index in [1.807, 2.05) is 42.5 Å². The van der Waals surface area contributed by atoms with Gasteiger partial charge in [-0.2, -0.15) is 5.26 Å². The summed E-state index contributed by atoms with van der Waals surface area (Å²) in [4.78, 5) is 8.97. The van der Waals surface area contributed by atoms with Gasteiger partial charge in [0.05, 0.1) is 22.0 Å². The third kappa shape index (κ3) is 4.43. The predicted molar refractivity (Wildman–Crippen MR) is 117 cm³/mol. The number of fused-ring (bicyclic) bond motifs is 1. The smallest absolute Gasteiger partial charge is 0.200 e. The molecule has 0 saturated heterocycles. The summed E-state index contributed by atoms with van der Waals surface area (Å²) in [6, 6.07) is 23.0. The Balaban J connectivity index is 1.81. The zero-order valence-electron chi connectivity index (χ0n) is 16.1. The van der Waals surface area contributed by atoms with Crippen LogP contribution in [-0.2, 0) is 15.6 Å². The Morgan fingerprint density at radius 1 is 0.903 bits per heavy atom. The van der Waals surface area contributed by atoms with Crippen LogP contribution < -0.4 is 0 Å². The number of aromatic nitrogens is 2. The first-order valence-electron chi connectivity index (χ1n) is 9.31. The van der Waals surface area contributed by atoms with Crippen molar-refractivity contribution < 1.29 is 12.8 Å². The van der Waals surface area contributed by atoms with Crippen molar-refractivity contribution in [2.24, 2.45) is 0 Å². The van der Waals surface area contributed by atoms with Crippen LogP contribution in [0.4, 0.5) is 4.39 Å². The summed E-state index contributed by atoms with van der Waals surface area (Å²) in [6.07, 6.45) is 0. The Morgan fingerprint density at radius 3 is 2.16 bits per heavy atom. The van der Waals surface area contributed by atoms with Crippen LogP contribution >= 0.6 is 11.8 Å². The average Bonchev–Trinajstić information content (AvgIpc) is 2.79. The van der Waals surface area contributed by atoms with Gasteiger partial charge in [0, 0.05) is 5.75 Å². The number of benzene rings is 3. The van der Waals surface area contributed by atoms with Gasteiger partial charge in [-0.15, -0.1) is 0 Å². The summed E-state index contributed by atoms with van der Waals surface area (Å²) < 4.78 is 39.7. The molecule has 0 fully saturated rings. The topological polar surface area (TPSA) is 83.7 Å². The van der Waals surface area contributed by atoms with Gasteiger partial charge in [0.1, 0.15) is 16.5 Å². The second kappa shape index (κ2) is 8.84. The van der Waals surface area contributed by atoms with Gasteiger partial charge in [-0.05, 0) is 42.0 Å². The summed E-state index contributed by atoms with van der Waals surface area (Å²) in [5, 5.41) is 8.63. The van der Waals surface area contributed by atoms with Crippen LogP contribution in [0.2, 0.25) is 0 Å². The predicted octanol–water partition coefficient (Wildman–Crippen LogP) is 5.10. The van der Waals surface area contributed by atoms with Crippen LogP contribution in [0.3, 0.4) is 0 Å². The molecule has 4 rings (SSSR count). The molecule has 0 radical (unpaired) electrons. The van der Waals surface area contributed by atoms with Gasteiger partial charge >= 0.3 is 0 Å². The zero-order chi connectivity index (χ0) is 21.8. The monoisotopic (exact) mass is 449 g/mol. The van der Waals surface area contributed by atoms with Crippen molar-refractivity contribution in [2.45, 2.75) is 20.9 Å². The third-order valence-corrected chi connectivity index (χ3v) is 7.53. The van der Waals surface area contributed by atoms with Crippen molar-refractivity contribution in [3.63, 3.8) is 0 Å². The summed E-state index contributed by atoms with van der Waals surface area (Å²) in [7, 11) is -4.14. The highest BCUT2D eigenvalue weighted by Crippen LogP contribution is 2.35. The van der Waals surface area contributed by atoms with E-state index < -0.39 is 20.9 Å². The van der Waals surface area contributed by atoms with E-state index in [0.717, 1.165) is 29.8 Å². The van der Waals surface area contributed by atoms with E-state index >= 15 is 0 Å². The Labute approximate surface area is 183 Å². The number of nitrogens with zero attached hydrogens (tertiary/aromatic N) is 3. The van der Waals surface area contributed by atoms with E-state index in [2.05, 4.69) is 9.97 Å². The quantitative estimate of drug-likeness (QED) is 0.301. The van der Waals surface area contributed by atoms with Crippen LogP contribution in [0.1, 0.15) is 16.5 Å². The highest BCUT2D eigenvalue weighted by molar-refractivity contribution is 7.98. The molecule has 31 heavy (non-hydrogen) atoms. The molecule has 1 heterocycles. The van der Waals surface area contributed by atoms with Gasteiger partial charge in [-0.25, -0.2) is 22.8 Å². The molecule has 0 aliphatic rings. The van der Waals surface area contributed by atoms with Crippen molar-refractivity contribution in [3.05, 3.63) is 95.9 Å². The van der Waals surface area contributed by atoms with Gasteiger partial charge in [-0.1, -0.05) is 54.2 Å². The van der Waals surface area contributed by atoms with Gasteiger partial charge in [0.2, 0.25) is 9.84 Å². The maximum absolute atomic E-state index is 13.3. The lowest BCUT2D eigenvalue weighted by atomic mass is 10.2. The Kier molecular flexibility index (Phi) is 5.98. The molecule has 0 N–H and O–H groups in total. The number of para-hydroxylation sites is 2. The van der Waals surface area contributed by atoms with Crippen molar-refractivity contribution in [1.29, 1.82) is 5.26 Å². The number of hydrogen-bond acceptors (Lipinski definition) is 6. The van der Waals surface area contributed by atoms with Crippen molar-refractivity contribution >= 4 is 32.6 Å². The molecule has 0 aliphatic carbocycles. The minimum absolute atomic E-state index is 0.0754. The van der Waals surface area contributed by atoms with Gasteiger partial charge < -0.3 is 0 Å². The molecule has 4 aromatic rings. The standard InChI is InChI=1S/C23H16FN3O2S2/c24-17-10-12-18(13-11-17)31(28,29)21(14-25)22-23(30-15-16-6-2-1-3-7-16)27-20-9-5-4-8-19(20)26-22/h1-13,21H,15H2/t21-/m0/s1. The third-order valence-electron chi connectivity index (χ3n) is 4.60. The molecule has 5 nitrogen and oxygen atoms in total. The van der Waals surface area contributed by atoms with Crippen LogP contribution in [0.15, 0.2) is 88.8 Å². The lowest BCUT2D eigenvalue weighted by Crippen LogP contribution is -2.15. The van der Waals surface area contributed by atoms with Crippen molar-refractivity contribution in [1.82, 2.24) is 9.97 Å². The fraction of sp³-hybridized carbons (Fsp3) is 0.0870. The first-order chi connectivity index (χ1) is 15.0. The maximum atomic E-state index is 13.3. The minimum atomic E-state index is -4.14. The van der Waals surface area contributed by atoms with Gasteiger partial charge in [-0.3, -0.25) is 0 Å². The highest BCUT2D eigenvalue weighted by Gasteiger charge is 2.33. The van der Waals surface area contributed by atoms with E-state index in [9.17, 15) is 18.1 Å². The summed E-state index contributed by atoms with van der Waals surface area (Å²) in [6.45, 7) is 0. The van der Waals surface area contributed by atoms with Crippen LogP contribution in [0.25, 0.3) is 11.0 Å². The number of hydrogen-bond donors (Lipinski definition) is 0. The summed E-state index contributed by atoms with van der Waals surface area (Å²) in [5.41, 5.74) is 2.21. The Hall–Kier alpha value is -3.28. The Morgan fingerprint density at radius 2 is 1.52 bits per heavy atom. The second-order valence-corrected chi connectivity index (χ2v) is 9.68. The SMILES string of the molecule is N#C[C@@H](c1nc2ccccc2nc1SCc1ccccc1)S(=O)(=O)c1ccc(F)cc1. The second-order valence-electron chi connectivity index (χ2n) is 6.69. The first kappa shape index (κ1) is 21.0. The molecule has 3 aromatic carbocycles. The number of halogens is 1. The Bertz CT molecular complexity index is 1370. The number of rotatable bonds is 6. The van der Waals surface area contributed by atoms with Crippen molar-refractivity contribution in [3.8, 4) is 6.07 Å². The fourth-order valence-electron chi connectivity index (χ4n) is 3.04. The molecule has 0 amide bonds. The molecular weight excluding hydrogens is 433 g/mol. The summed E-state index contributed by atoms with van der Waals surface area (Å²) in [5.74, 6) is -0.0210. The zero-order valence-corrected chi connectivity index (χ0v) is 17.8. The molecule has 0 unspecified atom stereocenters. The lowest BCUT2D eigenvalue weighted by molar-refractivity contribution is 0.588. The average molecular weight is 450 g/mol. The van der Waals surface area contributed by atoms with Gasteiger partial charge in [0.25, 0.3) is 0 Å². The van der Waals surface area contributed by atoms with E-state index in [4.69, 9.17) is 0 Å². The molecule has 0 saturated carbocycles. The normalized spacial score (nSPS) is 12.4. The van der Waals surface area contributed by atoms with E-state index in [0.29, 0.717) is 21.8 Å². The molecule has 0 spiro atoms. The largest absolute Gasteiger partial charge is 0.246 e. The number of thioether (sulfide) groups is 1. The molecular formula is C23H16FN3O2S2. The molecule has 0 aliphatic heterocycles. The highest BCUT2D eigenvalue weighted by atomic mass is 32.2. The molecule has 8 heteroatoms. The maximum Gasteiger partial charge on any atom is 0.200 e. The van der Waals surface area contributed by atoms with Gasteiger partial charge in [0.15, 0.2) is 5.25 Å². The van der Waals surface area contributed by atoms with Crippen LogP contribution in [-0.4, -0.2) is 18.4 Å². The van der Waals surface area contributed by atoms with Crippen LogP contribution in [0, 0.1) is 17.1 Å².